The molecule has 0 aromatic carbocycles. The molecule has 24 heavy (non-hydrogen) atoms. The smallest absolute Gasteiger partial charge is 0.292 e. The van der Waals surface area contributed by atoms with Gasteiger partial charge in [0.1, 0.15) is 5.82 Å². The van der Waals surface area contributed by atoms with E-state index in [0.717, 1.165) is 30.5 Å². The molecule has 1 atom stereocenters. The van der Waals surface area contributed by atoms with Crippen molar-refractivity contribution >= 4 is 11.7 Å². The van der Waals surface area contributed by atoms with E-state index in [-0.39, 0.29) is 12.0 Å². The molecule has 1 unspecified atom stereocenters. The molecule has 1 aliphatic rings. The third-order valence-corrected chi connectivity index (χ3v) is 4.16. The number of amides is 1. The zero-order valence-electron chi connectivity index (χ0n) is 13.8. The second-order valence-electron chi connectivity index (χ2n) is 5.91. The molecule has 0 saturated carbocycles. The number of anilines is 1. The van der Waals surface area contributed by atoms with Gasteiger partial charge in [0.2, 0.25) is 5.76 Å². The van der Waals surface area contributed by atoms with Gasteiger partial charge in [-0.25, -0.2) is 4.98 Å². The number of aryl methyl sites for hydroxylation is 2. The summed E-state index contributed by atoms with van der Waals surface area (Å²) in [4.78, 5) is 18.3. The van der Waals surface area contributed by atoms with Gasteiger partial charge in [-0.1, -0.05) is 12.1 Å². The second-order valence-corrected chi connectivity index (χ2v) is 5.91. The van der Waals surface area contributed by atoms with Crippen LogP contribution in [0, 0.1) is 0 Å². The molecule has 1 amide bonds. The van der Waals surface area contributed by atoms with E-state index in [2.05, 4.69) is 10.1 Å². The molecule has 3 heterocycles. The van der Waals surface area contributed by atoms with Gasteiger partial charge in [0.25, 0.3) is 5.91 Å². The summed E-state index contributed by atoms with van der Waals surface area (Å²) in [5.41, 5.74) is 7.61. The Kier molecular flexibility index (Phi) is 5.10. The summed E-state index contributed by atoms with van der Waals surface area (Å²) < 4.78 is 10.9. The molecule has 1 aliphatic heterocycles. The fourth-order valence-corrected chi connectivity index (χ4v) is 2.79. The summed E-state index contributed by atoms with van der Waals surface area (Å²) >= 11 is 0. The molecular weight excluding hydrogens is 308 g/mol. The number of ether oxygens (including phenoxy) is 1. The van der Waals surface area contributed by atoms with Gasteiger partial charge in [-0.15, -0.1) is 0 Å². The summed E-state index contributed by atoms with van der Waals surface area (Å²) in [6.45, 7) is 3.63. The first-order valence-electron chi connectivity index (χ1n) is 8.22. The molecule has 0 bridgehead atoms. The summed E-state index contributed by atoms with van der Waals surface area (Å²) in [6, 6.07) is 5.53. The van der Waals surface area contributed by atoms with Crippen molar-refractivity contribution in [3.8, 4) is 0 Å². The second kappa shape index (κ2) is 7.44. The van der Waals surface area contributed by atoms with Gasteiger partial charge in [-0.3, -0.25) is 4.79 Å². The van der Waals surface area contributed by atoms with Crippen molar-refractivity contribution in [1.29, 1.82) is 0 Å². The van der Waals surface area contributed by atoms with E-state index in [9.17, 15) is 4.79 Å². The Morgan fingerprint density at radius 3 is 3.08 bits per heavy atom. The summed E-state index contributed by atoms with van der Waals surface area (Å²) in [5, 5.41) is 3.88. The van der Waals surface area contributed by atoms with E-state index in [1.165, 1.54) is 0 Å². The van der Waals surface area contributed by atoms with E-state index in [1.54, 1.807) is 17.2 Å². The van der Waals surface area contributed by atoms with Crippen molar-refractivity contribution < 1.29 is 14.1 Å². The minimum absolute atomic E-state index is 0.00524. The minimum atomic E-state index is -0.122. The van der Waals surface area contributed by atoms with Gasteiger partial charge >= 0.3 is 0 Å². The highest BCUT2D eigenvalue weighted by Crippen LogP contribution is 2.16. The number of morpholine rings is 1. The van der Waals surface area contributed by atoms with Crippen LogP contribution in [-0.2, 0) is 17.6 Å². The maximum Gasteiger partial charge on any atom is 0.292 e. The molecule has 1 saturated heterocycles. The molecule has 0 aliphatic carbocycles. The highest BCUT2D eigenvalue weighted by Gasteiger charge is 2.27. The van der Waals surface area contributed by atoms with E-state index >= 15 is 0 Å². The average Bonchev–Trinajstić information content (AvgIpc) is 3.09. The Bertz CT molecular complexity index is 701. The zero-order chi connectivity index (χ0) is 16.9. The van der Waals surface area contributed by atoms with E-state index in [4.69, 9.17) is 15.0 Å². The highest BCUT2D eigenvalue weighted by atomic mass is 16.5. The lowest BCUT2D eigenvalue weighted by molar-refractivity contribution is -0.0257. The Balaban J connectivity index is 1.56. The van der Waals surface area contributed by atoms with Crippen LogP contribution in [0.4, 0.5) is 5.82 Å². The fourth-order valence-electron chi connectivity index (χ4n) is 2.79. The van der Waals surface area contributed by atoms with Gasteiger partial charge in [0, 0.05) is 25.4 Å². The van der Waals surface area contributed by atoms with Gasteiger partial charge in [-0.2, -0.15) is 0 Å². The maximum absolute atomic E-state index is 12.5. The number of carbonyl (C=O) groups is 1. The van der Waals surface area contributed by atoms with E-state index in [0.29, 0.717) is 31.3 Å². The zero-order valence-corrected chi connectivity index (χ0v) is 13.8. The third-order valence-electron chi connectivity index (χ3n) is 4.16. The first-order valence-corrected chi connectivity index (χ1v) is 8.22. The van der Waals surface area contributed by atoms with Crippen LogP contribution < -0.4 is 5.73 Å². The first-order chi connectivity index (χ1) is 11.7. The molecule has 2 N–H and O–H groups in total. The summed E-state index contributed by atoms with van der Waals surface area (Å²) in [5.74, 6) is 0.698. The number of aromatic nitrogens is 2. The van der Waals surface area contributed by atoms with Crippen LogP contribution in [0.2, 0.25) is 0 Å². The van der Waals surface area contributed by atoms with Gasteiger partial charge in [0.05, 0.1) is 18.4 Å². The van der Waals surface area contributed by atoms with E-state index < -0.39 is 0 Å². The number of carbonyl (C=O) groups excluding carboxylic acids is 1. The molecule has 1 fully saturated rings. The monoisotopic (exact) mass is 330 g/mol. The molecular formula is C17H22N4O3. The third kappa shape index (κ3) is 3.91. The van der Waals surface area contributed by atoms with Crippen LogP contribution in [0.15, 0.2) is 28.9 Å². The number of hydrogen-bond acceptors (Lipinski definition) is 6. The van der Waals surface area contributed by atoms with Gasteiger partial charge in [-0.05, 0) is 37.0 Å². The molecule has 0 radical (unpaired) electrons. The minimum Gasteiger partial charge on any atom is -0.384 e. The molecule has 128 valence electrons. The van der Waals surface area contributed by atoms with Crippen molar-refractivity contribution in [3.63, 3.8) is 0 Å². The Morgan fingerprint density at radius 1 is 1.46 bits per heavy atom. The lowest BCUT2D eigenvalue weighted by Crippen LogP contribution is -2.45. The largest absolute Gasteiger partial charge is 0.384 e. The van der Waals surface area contributed by atoms with Crippen LogP contribution in [-0.4, -0.2) is 46.7 Å². The van der Waals surface area contributed by atoms with Crippen LogP contribution in [0.3, 0.4) is 0 Å². The predicted molar refractivity (Wildman–Crippen MR) is 88.5 cm³/mol. The van der Waals surface area contributed by atoms with E-state index in [1.807, 2.05) is 19.1 Å². The molecule has 2 aromatic rings. The van der Waals surface area contributed by atoms with Crippen molar-refractivity contribution in [3.05, 3.63) is 41.4 Å². The highest BCUT2D eigenvalue weighted by molar-refractivity contribution is 5.91. The van der Waals surface area contributed by atoms with Gasteiger partial charge < -0.3 is 19.9 Å². The molecule has 7 nitrogen and oxygen atoms in total. The first kappa shape index (κ1) is 16.4. The van der Waals surface area contributed by atoms with Crippen LogP contribution in [0.1, 0.15) is 35.2 Å². The summed E-state index contributed by atoms with van der Waals surface area (Å²) in [7, 11) is 0. The summed E-state index contributed by atoms with van der Waals surface area (Å²) in [6.07, 6.45) is 4.12. The number of nitrogens with zero attached hydrogens (tertiary/aromatic N) is 3. The topological polar surface area (TPSA) is 94.5 Å². The average molecular weight is 330 g/mol. The maximum atomic E-state index is 12.5. The Hall–Kier alpha value is -2.41. The van der Waals surface area contributed by atoms with Crippen molar-refractivity contribution in [1.82, 2.24) is 15.0 Å². The SMILES string of the molecule is CCc1cc(C(=O)N2CCOC(CCc3ccnc(N)c3)C2)on1. The molecule has 3 rings (SSSR count). The molecule has 2 aromatic heterocycles. The normalized spacial score (nSPS) is 17.9. The number of nitrogens with two attached hydrogens (primary N) is 1. The number of hydrogen-bond donors (Lipinski definition) is 1. The van der Waals surface area contributed by atoms with Crippen LogP contribution in [0.25, 0.3) is 0 Å². The Morgan fingerprint density at radius 2 is 2.33 bits per heavy atom. The van der Waals surface area contributed by atoms with Crippen molar-refractivity contribution in [2.24, 2.45) is 0 Å². The number of nitrogen functional groups attached to an aromatic ring is 1. The number of pyridine rings is 1. The van der Waals surface area contributed by atoms with Crippen molar-refractivity contribution in [2.75, 3.05) is 25.4 Å². The quantitative estimate of drug-likeness (QED) is 0.896. The standard InChI is InChI=1S/C17H22N4O3/c1-2-13-10-15(24-20-13)17(22)21-7-8-23-14(11-21)4-3-12-5-6-19-16(18)9-12/h5-6,9-10,14H,2-4,7-8,11H2,1H3,(H2,18,19). The van der Waals surface area contributed by atoms with Crippen molar-refractivity contribution in [2.45, 2.75) is 32.3 Å². The lowest BCUT2D eigenvalue weighted by Gasteiger charge is -2.32. The predicted octanol–water partition coefficient (Wildman–Crippen LogP) is 1.69. The number of rotatable bonds is 5. The lowest BCUT2D eigenvalue weighted by atomic mass is 10.1. The van der Waals surface area contributed by atoms with Gasteiger partial charge in [0.15, 0.2) is 0 Å². The fraction of sp³-hybridized carbons (Fsp3) is 0.471. The molecule has 7 heteroatoms. The van der Waals surface area contributed by atoms with Crippen LogP contribution in [0.5, 0.6) is 0 Å². The van der Waals surface area contributed by atoms with Crippen LogP contribution >= 0.6 is 0 Å². The Labute approximate surface area is 140 Å². The molecule has 0 spiro atoms.